The molecule has 0 aromatic rings. The van der Waals surface area contributed by atoms with Crippen molar-refractivity contribution >= 4 is 13.1 Å². The van der Waals surface area contributed by atoms with Crippen LogP contribution < -0.4 is 0 Å². The largest absolute Gasteiger partial charge is 0.491 e. The molecule has 0 amide bonds. The van der Waals surface area contributed by atoms with Gasteiger partial charge in [0.2, 0.25) is 0 Å². The Labute approximate surface area is 139 Å². The van der Waals surface area contributed by atoms with Crippen LogP contribution in [0.15, 0.2) is 11.0 Å². The third-order valence-electron chi connectivity index (χ3n) is 5.02. The van der Waals surface area contributed by atoms with Crippen molar-refractivity contribution in [2.75, 3.05) is 20.3 Å². The number of esters is 1. The Morgan fingerprint density at radius 3 is 2.30 bits per heavy atom. The number of ether oxygens (including phenoxy) is 2. The highest BCUT2D eigenvalue weighted by atomic mass is 16.7. The lowest BCUT2D eigenvalue weighted by molar-refractivity contribution is -0.139. The monoisotopic (exact) mass is 324 g/mol. The Morgan fingerprint density at radius 1 is 1.09 bits per heavy atom. The Bertz CT molecular complexity index is 454. The molecule has 0 N–H and O–H groups in total. The molecule has 0 unspecified atom stereocenters. The van der Waals surface area contributed by atoms with Crippen LogP contribution in [0, 0.1) is 0 Å². The Morgan fingerprint density at radius 2 is 1.70 bits per heavy atom. The predicted molar refractivity (Wildman–Crippen MR) is 89.0 cm³/mol. The van der Waals surface area contributed by atoms with Gasteiger partial charge in [0.1, 0.15) is 0 Å². The van der Waals surface area contributed by atoms with Crippen molar-refractivity contribution in [3.8, 4) is 0 Å². The maximum atomic E-state index is 12.4. The van der Waals surface area contributed by atoms with Gasteiger partial charge in [-0.3, -0.25) is 0 Å². The first-order valence-corrected chi connectivity index (χ1v) is 8.52. The van der Waals surface area contributed by atoms with Gasteiger partial charge < -0.3 is 18.8 Å². The molecule has 1 fully saturated rings. The fourth-order valence-electron chi connectivity index (χ4n) is 2.86. The minimum Gasteiger partial charge on any atom is -0.462 e. The number of allylic oxidation sites excluding steroid dienone is 1. The standard InChI is InChI=1S/C17H29BO5/c1-16(2)17(3,4)23-18(22-16)14-10-7-6-9-13(14)15(19)21-12-8-11-20-5/h6-12H2,1-5H3. The summed E-state index contributed by atoms with van der Waals surface area (Å²) in [5.41, 5.74) is 0.921. The zero-order chi connectivity index (χ0) is 17.1. The van der Waals surface area contributed by atoms with Gasteiger partial charge in [-0.05, 0) is 58.9 Å². The average molecular weight is 324 g/mol. The van der Waals surface area contributed by atoms with Crippen molar-refractivity contribution in [3.63, 3.8) is 0 Å². The molecule has 0 saturated carbocycles. The Balaban J connectivity index is 2.10. The first-order valence-electron chi connectivity index (χ1n) is 8.52. The van der Waals surface area contributed by atoms with E-state index in [4.69, 9.17) is 18.8 Å². The quantitative estimate of drug-likeness (QED) is 0.427. The molecule has 23 heavy (non-hydrogen) atoms. The van der Waals surface area contributed by atoms with Crippen LogP contribution in [-0.2, 0) is 23.6 Å². The molecule has 1 aliphatic carbocycles. The van der Waals surface area contributed by atoms with Crippen LogP contribution in [0.3, 0.4) is 0 Å². The predicted octanol–water partition coefficient (Wildman–Crippen LogP) is 3.07. The molecular formula is C17H29BO5. The molecule has 2 aliphatic rings. The summed E-state index contributed by atoms with van der Waals surface area (Å²) >= 11 is 0. The van der Waals surface area contributed by atoms with E-state index in [1.165, 1.54) is 0 Å². The van der Waals surface area contributed by atoms with Gasteiger partial charge >= 0.3 is 13.1 Å². The van der Waals surface area contributed by atoms with Crippen molar-refractivity contribution < 1.29 is 23.6 Å². The van der Waals surface area contributed by atoms with E-state index in [-0.39, 0.29) is 5.97 Å². The van der Waals surface area contributed by atoms with E-state index in [1.807, 2.05) is 27.7 Å². The molecule has 1 saturated heterocycles. The number of methoxy groups -OCH3 is 1. The van der Waals surface area contributed by atoms with Crippen molar-refractivity contribution in [2.24, 2.45) is 0 Å². The summed E-state index contributed by atoms with van der Waals surface area (Å²) in [6.07, 6.45) is 4.34. The van der Waals surface area contributed by atoms with Crippen LogP contribution in [0.5, 0.6) is 0 Å². The van der Waals surface area contributed by atoms with Gasteiger partial charge in [-0.2, -0.15) is 0 Å². The molecule has 0 bridgehead atoms. The summed E-state index contributed by atoms with van der Waals surface area (Å²) < 4.78 is 22.6. The Kier molecular flexibility index (Phi) is 5.92. The summed E-state index contributed by atoms with van der Waals surface area (Å²) in [6, 6.07) is 0. The van der Waals surface area contributed by atoms with Crippen molar-refractivity contribution in [3.05, 3.63) is 11.0 Å². The second kappa shape index (κ2) is 7.37. The molecule has 1 aliphatic heterocycles. The number of hydrogen-bond acceptors (Lipinski definition) is 5. The minimum atomic E-state index is -0.443. The minimum absolute atomic E-state index is 0.231. The maximum Gasteiger partial charge on any atom is 0.491 e. The SMILES string of the molecule is COCCCOC(=O)C1=C(B2OC(C)(C)C(C)(C)O2)CCCC1. The van der Waals surface area contributed by atoms with Crippen LogP contribution in [0.25, 0.3) is 0 Å². The highest BCUT2D eigenvalue weighted by Crippen LogP contribution is 2.41. The van der Waals surface area contributed by atoms with Crippen LogP contribution in [0.4, 0.5) is 0 Å². The second-order valence-corrected chi connectivity index (χ2v) is 7.28. The molecular weight excluding hydrogens is 295 g/mol. The molecule has 1 heterocycles. The number of carbonyl (C=O) groups excluding carboxylic acids is 1. The first-order chi connectivity index (χ1) is 10.8. The van der Waals surface area contributed by atoms with Crippen LogP contribution in [0.2, 0.25) is 0 Å². The van der Waals surface area contributed by atoms with E-state index in [2.05, 4.69) is 0 Å². The fourth-order valence-corrected chi connectivity index (χ4v) is 2.86. The number of hydrogen-bond donors (Lipinski definition) is 0. The lowest BCUT2D eigenvalue weighted by atomic mass is 9.69. The Hall–Kier alpha value is -0.845. The summed E-state index contributed by atoms with van der Waals surface area (Å²) in [6.45, 7) is 9.08. The normalized spacial score (nSPS) is 23.3. The van der Waals surface area contributed by atoms with E-state index in [0.717, 1.165) is 36.7 Å². The lowest BCUT2D eigenvalue weighted by Crippen LogP contribution is -2.41. The zero-order valence-electron chi connectivity index (χ0n) is 15.1. The van der Waals surface area contributed by atoms with Gasteiger partial charge in [0.05, 0.1) is 17.8 Å². The van der Waals surface area contributed by atoms with Gasteiger partial charge in [0.25, 0.3) is 0 Å². The van der Waals surface area contributed by atoms with Gasteiger partial charge in [0, 0.05) is 25.7 Å². The summed E-state index contributed by atoms with van der Waals surface area (Å²) in [7, 11) is 1.20. The lowest BCUT2D eigenvalue weighted by Gasteiger charge is -2.32. The summed E-state index contributed by atoms with van der Waals surface area (Å²) in [5.74, 6) is -0.231. The molecule has 0 radical (unpaired) electrons. The molecule has 0 atom stereocenters. The number of rotatable bonds is 6. The summed E-state index contributed by atoms with van der Waals surface area (Å²) in [4.78, 5) is 12.4. The van der Waals surface area contributed by atoms with E-state index in [0.29, 0.717) is 19.6 Å². The van der Waals surface area contributed by atoms with E-state index in [9.17, 15) is 4.79 Å². The van der Waals surface area contributed by atoms with E-state index < -0.39 is 18.3 Å². The van der Waals surface area contributed by atoms with Crippen molar-refractivity contribution in [1.29, 1.82) is 0 Å². The third-order valence-corrected chi connectivity index (χ3v) is 5.02. The zero-order valence-corrected chi connectivity index (χ0v) is 15.1. The van der Waals surface area contributed by atoms with Crippen molar-refractivity contribution in [2.45, 2.75) is 71.0 Å². The molecule has 0 spiro atoms. The fraction of sp³-hybridized carbons (Fsp3) is 0.824. The molecule has 0 aromatic carbocycles. The molecule has 5 nitrogen and oxygen atoms in total. The van der Waals surface area contributed by atoms with Crippen LogP contribution >= 0.6 is 0 Å². The second-order valence-electron chi connectivity index (χ2n) is 7.28. The van der Waals surface area contributed by atoms with Gasteiger partial charge in [-0.15, -0.1) is 0 Å². The molecule has 6 heteroatoms. The van der Waals surface area contributed by atoms with E-state index in [1.54, 1.807) is 7.11 Å². The molecule has 130 valence electrons. The van der Waals surface area contributed by atoms with Crippen LogP contribution in [-0.4, -0.2) is 44.6 Å². The van der Waals surface area contributed by atoms with Gasteiger partial charge in [0.15, 0.2) is 0 Å². The van der Waals surface area contributed by atoms with Crippen LogP contribution in [0.1, 0.15) is 59.8 Å². The molecule has 0 aromatic heterocycles. The van der Waals surface area contributed by atoms with Gasteiger partial charge in [-0.1, -0.05) is 0 Å². The summed E-state index contributed by atoms with van der Waals surface area (Å²) in [5, 5.41) is 0. The number of carbonyl (C=O) groups is 1. The topological polar surface area (TPSA) is 54.0 Å². The van der Waals surface area contributed by atoms with Gasteiger partial charge in [-0.25, -0.2) is 4.79 Å². The first kappa shape index (κ1) is 18.5. The molecule has 2 rings (SSSR count). The van der Waals surface area contributed by atoms with E-state index >= 15 is 0 Å². The highest BCUT2D eigenvalue weighted by Gasteiger charge is 2.53. The van der Waals surface area contributed by atoms with Crippen molar-refractivity contribution in [1.82, 2.24) is 0 Å². The maximum absolute atomic E-state index is 12.4. The smallest absolute Gasteiger partial charge is 0.462 e. The third kappa shape index (κ3) is 4.17. The highest BCUT2D eigenvalue weighted by molar-refractivity contribution is 6.55. The average Bonchev–Trinajstić information content (AvgIpc) is 2.72.